The van der Waals surface area contributed by atoms with E-state index in [1.165, 1.54) is 64.2 Å². The molecule has 0 bridgehead atoms. The largest absolute Gasteiger partial charge is 0.490 e. The van der Waals surface area contributed by atoms with Gasteiger partial charge in [0.1, 0.15) is 0 Å². The van der Waals surface area contributed by atoms with Gasteiger partial charge in [0.25, 0.3) is 0 Å². The van der Waals surface area contributed by atoms with Gasteiger partial charge in [-0.1, -0.05) is 71.3 Å². The Bertz CT molecular complexity index is 643. The molecule has 0 saturated heterocycles. The summed E-state index contributed by atoms with van der Waals surface area (Å²) in [6.07, 6.45) is 18.5. The number of hydrogen-bond acceptors (Lipinski definition) is 1. The fourth-order valence-electron chi connectivity index (χ4n) is 6.04. The van der Waals surface area contributed by atoms with Crippen molar-refractivity contribution in [3.63, 3.8) is 0 Å². The first-order chi connectivity index (χ1) is 15.1. The maximum atomic E-state index is 14.8. The third kappa shape index (κ3) is 6.93. The van der Waals surface area contributed by atoms with Crippen molar-refractivity contribution in [1.82, 2.24) is 0 Å². The molecule has 0 aromatic heterocycles. The molecule has 0 N–H and O–H groups in total. The van der Waals surface area contributed by atoms with Crippen LogP contribution in [0.5, 0.6) is 5.75 Å². The molecular formula is C28H44F2O. The first-order valence-corrected chi connectivity index (χ1v) is 13.2. The molecule has 0 radical (unpaired) electrons. The van der Waals surface area contributed by atoms with Crippen molar-refractivity contribution < 1.29 is 13.5 Å². The molecule has 2 aliphatic carbocycles. The lowest BCUT2D eigenvalue weighted by Gasteiger charge is -2.38. The van der Waals surface area contributed by atoms with Crippen LogP contribution in [0.15, 0.2) is 12.1 Å². The number of hydrogen-bond donors (Lipinski definition) is 0. The monoisotopic (exact) mass is 434 g/mol. The van der Waals surface area contributed by atoms with E-state index in [4.69, 9.17) is 4.74 Å². The molecule has 1 aromatic carbocycles. The van der Waals surface area contributed by atoms with E-state index in [1.54, 1.807) is 12.1 Å². The molecule has 31 heavy (non-hydrogen) atoms. The summed E-state index contributed by atoms with van der Waals surface area (Å²) in [6.45, 7) is 4.85. The van der Waals surface area contributed by atoms with Crippen LogP contribution in [0.3, 0.4) is 0 Å². The van der Waals surface area contributed by atoms with Gasteiger partial charge in [-0.25, -0.2) is 4.39 Å². The molecule has 0 heterocycles. The Morgan fingerprint density at radius 3 is 2.00 bits per heavy atom. The van der Waals surface area contributed by atoms with Crippen LogP contribution in [0.25, 0.3) is 0 Å². The molecule has 3 heteroatoms. The molecule has 3 rings (SSSR count). The molecule has 0 unspecified atom stereocenters. The van der Waals surface area contributed by atoms with E-state index >= 15 is 0 Å². The molecule has 2 saturated carbocycles. The molecule has 0 aliphatic heterocycles. The average Bonchev–Trinajstić information content (AvgIpc) is 2.80. The summed E-state index contributed by atoms with van der Waals surface area (Å²) in [7, 11) is 0. The SMILES string of the molecule is CCCCCOc1ccc(C2CCC(C3CCC(CCCCC)CC3)CC2)c(F)c1F. The van der Waals surface area contributed by atoms with Crippen molar-refractivity contribution in [2.24, 2.45) is 17.8 Å². The molecule has 2 aliphatic rings. The lowest BCUT2D eigenvalue weighted by atomic mass is 9.68. The van der Waals surface area contributed by atoms with E-state index in [9.17, 15) is 8.78 Å². The van der Waals surface area contributed by atoms with E-state index in [0.29, 0.717) is 12.2 Å². The molecule has 0 atom stereocenters. The van der Waals surface area contributed by atoms with Crippen molar-refractivity contribution in [1.29, 1.82) is 0 Å². The van der Waals surface area contributed by atoms with Crippen molar-refractivity contribution in [3.05, 3.63) is 29.3 Å². The number of unbranched alkanes of at least 4 members (excludes halogenated alkanes) is 4. The van der Waals surface area contributed by atoms with Gasteiger partial charge in [0.05, 0.1) is 6.61 Å². The third-order valence-corrected chi connectivity index (χ3v) is 8.07. The summed E-state index contributed by atoms with van der Waals surface area (Å²) in [6, 6.07) is 3.42. The van der Waals surface area contributed by atoms with E-state index in [2.05, 4.69) is 13.8 Å². The predicted molar refractivity (Wildman–Crippen MR) is 126 cm³/mol. The maximum Gasteiger partial charge on any atom is 0.200 e. The van der Waals surface area contributed by atoms with Crippen molar-refractivity contribution in [3.8, 4) is 5.75 Å². The fourth-order valence-corrected chi connectivity index (χ4v) is 6.04. The standard InChI is InChI=1S/C28H44F2O/c1-3-5-7-9-21-10-12-22(13-11-21)23-14-16-24(17-15-23)25-18-19-26(28(30)27(25)29)31-20-8-6-4-2/h18-19,21-24H,3-17,20H2,1-2H3. The zero-order valence-corrected chi connectivity index (χ0v) is 19.9. The van der Waals surface area contributed by atoms with Crippen molar-refractivity contribution in [2.75, 3.05) is 6.61 Å². The van der Waals surface area contributed by atoms with E-state index in [-0.39, 0.29) is 11.7 Å². The lowest BCUT2D eigenvalue weighted by molar-refractivity contribution is 0.155. The Morgan fingerprint density at radius 2 is 1.35 bits per heavy atom. The minimum atomic E-state index is -0.794. The van der Waals surface area contributed by atoms with Crippen LogP contribution in [0.1, 0.15) is 122 Å². The summed E-state index contributed by atoms with van der Waals surface area (Å²) >= 11 is 0. The second-order valence-electron chi connectivity index (χ2n) is 10.2. The normalized spacial score (nSPS) is 26.7. The smallest absolute Gasteiger partial charge is 0.200 e. The molecule has 0 amide bonds. The molecule has 176 valence electrons. The average molecular weight is 435 g/mol. The van der Waals surface area contributed by atoms with Gasteiger partial charge in [0.15, 0.2) is 11.6 Å². The number of rotatable bonds is 11. The molecule has 1 aromatic rings. The van der Waals surface area contributed by atoms with Crippen LogP contribution in [-0.2, 0) is 0 Å². The second kappa shape index (κ2) is 12.8. The van der Waals surface area contributed by atoms with Gasteiger partial charge in [-0.05, 0) is 80.2 Å². The van der Waals surface area contributed by atoms with E-state index in [1.807, 2.05) is 0 Å². The van der Waals surface area contributed by atoms with Crippen LogP contribution in [0.2, 0.25) is 0 Å². The molecule has 1 nitrogen and oxygen atoms in total. The van der Waals surface area contributed by atoms with E-state index < -0.39 is 11.6 Å². The Morgan fingerprint density at radius 1 is 0.742 bits per heavy atom. The van der Waals surface area contributed by atoms with Crippen molar-refractivity contribution in [2.45, 2.75) is 116 Å². The van der Waals surface area contributed by atoms with E-state index in [0.717, 1.165) is 49.9 Å². The Labute approximate surface area is 189 Å². The quantitative estimate of drug-likeness (QED) is 0.315. The first kappa shape index (κ1) is 24.5. The first-order valence-electron chi connectivity index (χ1n) is 13.2. The van der Waals surface area contributed by atoms with Gasteiger partial charge in [0.2, 0.25) is 5.82 Å². The molecular weight excluding hydrogens is 390 g/mol. The predicted octanol–water partition coefficient (Wildman–Crippen LogP) is 9.19. The summed E-state index contributed by atoms with van der Waals surface area (Å²) in [4.78, 5) is 0. The topological polar surface area (TPSA) is 9.23 Å². The molecule has 0 spiro atoms. The van der Waals surface area contributed by atoms with Gasteiger partial charge in [0, 0.05) is 0 Å². The van der Waals surface area contributed by atoms with Gasteiger partial charge in [-0.2, -0.15) is 4.39 Å². The zero-order valence-electron chi connectivity index (χ0n) is 19.9. The van der Waals surface area contributed by atoms with Crippen LogP contribution < -0.4 is 4.74 Å². The van der Waals surface area contributed by atoms with Crippen LogP contribution in [-0.4, -0.2) is 6.61 Å². The highest BCUT2D eigenvalue weighted by Gasteiger charge is 2.32. The van der Waals surface area contributed by atoms with Gasteiger partial charge >= 0.3 is 0 Å². The minimum Gasteiger partial charge on any atom is -0.490 e. The highest BCUT2D eigenvalue weighted by atomic mass is 19.2. The van der Waals surface area contributed by atoms with Gasteiger partial charge in [-0.3, -0.25) is 0 Å². The summed E-state index contributed by atoms with van der Waals surface area (Å²) in [5.74, 6) is 1.37. The maximum absolute atomic E-state index is 14.8. The van der Waals surface area contributed by atoms with Gasteiger partial charge < -0.3 is 4.74 Å². The zero-order chi connectivity index (χ0) is 22.1. The lowest BCUT2D eigenvalue weighted by Crippen LogP contribution is -2.25. The highest BCUT2D eigenvalue weighted by molar-refractivity contribution is 5.33. The fraction of sp³-hybridized carbons (Fsp3) is 0.786. The summed E-state index contributed by atoms with van der Waals surface area (Å²) in [5, 5.41) is 0. The minimum absolute atomic E-state index is 0.0711. The number of benzene rings is 1. The second-order valence-corrected chi connectivity index (χ2v) is 10.2. The Hall–Kier alpha value is -1.12. The Balaban J connectivity index is 1.46. The van der Waals surface area contributed by atoms with Crippen LogP contribution in [0.4, 0.5) is 8.78 Å². The van der Waals surface area contributed by atoms with Crippen LogP contribution in [0, 0.1) is 29.4 Å². The third-order valence-electron chi connectivity index (χ3n) is 8.07. The summed E-state index contributed by atoms with van der Waals surface area (Å²) in [5.41, 5.74) is 0.566. The number of ether oxygens (including phenoxy) is 1. The molecule has 2 fully saturated rings. The van der Waals surface area contributed by atoms with Crippen LogP contribution >= 0.6 is 0 Å². The Kier molecular flexibility index (Phi) is 10.1. The number of halogens is 2. The summed E-state index contributed by atoms with van der Waals surface area (Å²) < 4.78 is 34.8. The highest BCUT2D eigenvalue weighted by Crippen LogP contribution is 2.45. The van der Waals surface area contributed by atoms with Gasteiger partial charge in [-0.15, -0.1) is 0 Å². The van der Waals surface area contributed by atoms with Crippen molar-refractivity contribution >= 4 is 0 Å².